The van der Waals surface area contributed by atoms with Crippen LogP contribution in [0, 0.1) is 16.0 Å². The smallest absolute Gasteiger partial charge is 0.286 e. The predicted octanol–water partition coefficient (Wildman–Crippen LogP) is 2.66. The average Bonchev–Trinajstić information content (AvgIpc) is 2.85. The third-order valence-corrected chi connectivity index (χ3v) is 5.57. The molecule has 1 aliphatic rings. The lowest BCUT2D eigenvalue weighted by molar-refractivity contribution is -0.385. The molecule has 0 aromatic heterocycles. The Kier molecular flexibility index (Phi) is 8.06. The van der Waals surface area contributed by atoms with E-state index in [2.05, 4.69) is 5.32 Å². The van der Waals surface area contributed by atoms with Crippen LogP contribution in [-0.4, -0.2) is 62.1 Å². The highest BCUT2D eigenvalue weighted by Crippen LogP contribution is 2.34. The molecule has 176 valence electrons. The third-order valence-electron chi connectivity index (χ3n) is 5.57. The lowest BCUT2D eigenvalue weighted by Gasteiger charge is -2.32. The Labute approximate surface area is 191 Å². The van der Waals surface area contributed by atoms with E-state index in [9.17, 15) is 19.7 Å². The zero-order chi connectivity index (χ0) is 23.8. The monoisotopic (exact) mass is 457 g/mol. The van der Waals surface area contributed by atoms with Gasteiger partial charge in [-0.05, 0) is 30.9 Å². The summed E-state index contributed by atoms with van der Waals surface area (Å²) in [5, 5.41) is 14.2. The number of hydrogen-bond donors (Lipinski definition) is 1. The molecule has 1 N–H and O–H groups in total. The number of nitro groups is 1. The third kappa shape index (κ3) is 6.12. The summed E-state index contributed by atoms with van der Waals surface area (Å²) in [6.45, 7) is 1.46. The molecule has 0 bridgehead atoms. The minimum absolute atomic E-state index is 0.0195. The highest BCUT2D eigenvalue weighted by molar-refractivity contribution is 5.99. The van der Waals surface area contributed by atoms with E-state index in [4.69, 9.17) is 14.2 Å². The molecule has 0 radical (unpaired) electrons. The quantitative estimate of drug-likeness (QED) is 0.454. The summed E-state index contributed by atoms with van der Waals surface area (Å²) in [4.78, 5) is 37.6. The van der Waals surface area contributed by atoms with Crippen molar-refractivity contribution < 1.29 is 28.7 Å². The molecule has 1 aliphatic heterocycles. The van der Waals surface area contributed by atoms with E-state index in [1.165, 1.54) is 26.4 Å². The Balaban J connectivity index is 1.51. The molecule has 2 aromatic carbocycles. The number of nitrogens with one attached hydrogen (secondary N) is 1. The molecule has 1 saturated heterocycles. The molecule has 1 fully saturated rings. The van der Waals surface area contributed by atoms with Crippen molar-refractivity contribution in [2.45, 2.75) is 12.8 Å². The zero-order valence-corrected chi connectivity index (χ0v) is 18.6. The van der Waals surface area contributed by atoms with Gasteiger partial charge in [-0.3, -0.25) is 19.7 Å². The summed E-state index contributed by atoms with van der Waals surface area (Å²) < 4.78 is 15.8. The van der Waals surface area contributed by atoms with E-state index in [1.54, 1.807) is 17.0 Å². The molecule has 0 aliphatic carbocycles. The number of rotatable bonds is 9. The molecule has 3 rings (SSSR count). The molecular weight excluding hydrogens is 430 g/mol. The fourth-order valence-corrected chi connectivity index (χ4v) is 3.67. The van der Waals surface area contributed by atoms with Crippen molar-refractivity contribution in [2.24, 2.45) is 5.92 Å². The number of piperidine rings is 1. The lowest BCUT2D eigenvalue weighted by atomic mass is 9.96. The van der Waals surface area contributed by atoms with Crippen LogP contribution in [0.4, 0.5) is 5.69 Å². The number of carbonyl (C=O) groups is 2. The van der Waals surface area contributed by atoms with Crippen LogP contribution in [0.5, 0.6) is 17.2 Å². The van der Waals surface area contributed by atoms with Crippen LogP contribution in [0.25, 0.3) is 0 Å². The second kappa shape index (κ2) is 11.2. The highest BCUT2D eigenvalue weighted by Gasteiger charge is 2.27. The number of ether oxygens (including phenoxy) is 3. The Morgan fingerprint density at radius 2 is 1.73 bits per heavy atom. The number of carbonyl (C=O) groups excluding carboxylic acids is 2. The minimum atomic E-state index is -0.627. The van der Waals surface area contributed by atoms with E-state index in [-0.39, 0.29) is 41.2 Å². The summed E-state index contributed by atoms with van der Waals surface area (Å²) in [5.74, 6) is 0.575. The van der Waals surface area contributed by atoms with Gasteiger partial charge in [0.2, 0.25) is 0 Å². The topological polar surface area (TPSA) is 120 Å². The van der Waals surface area contributed by atoms with Crippen molar-refractivity contribution in [2.75, 3.05) is 40.5 Å². The fourth-order valence-electron chi connectivity index (χ4n) is 3.67. The normalized spacial score (nSPS) is 13.8. The SMILES string of the molecule is COc1cc(C(=O)NCC2CCN(C(=O)COc3ccccc3)CC2)c([N+](=O)[O-])cc1OC. The number of amides is 2. The summed E-state index contributed by atoms with van der Waals surface area (Å²) in [5.41, 5.74) is -0.452. The van der Waals surface area contributed by atoms with Gasteiger partial charge in [-0.25, -0.2) is 0 Å². The van der Waals surface area contributed by atoms with Gasteiger partial charge in [0.25, 0.3) is 17.5 Å². The first-order chi connectivity index (χ1) is 15.9. The highest BCUT2D eigenvalue weighted by atomic mass is 16.6. The first-order valence-corrected chi connectivity index (χ1v) is 10.6. The lowest BCUT2D eigenvalue weighted by Crippen LogP contribution is -2.43. The van der Waals surface area contributed by atoms with Crippen molar-refractivity contribution in [1.29, 1.82) is 0 Å². The number of methoxy groups -OCH3 is 2. The molecule has 10 heteroatoms. The predicted molar refractivity (Wildman–Crippen MR) is 120 cm³/mol. The molecule has 33 heavy (non-hydrogen) atoms. The largest absolute Gasteiger partial charge is 0.493 e. The molecule has 0 unspecified atom stereocenters. The maximum atomic E-state index is 12.7. The summed E-state index contributed by atoms with van der Waals surface area (Å²) in [6, 6.07) is 11.6. The minimum Gasteiger partial charge on any atom is -0.493 e. The van der Waals surface area contributed by atoms with Gasteiger partial charge in [0.05, 0.1) is 25.2 Å². The van der Waals surface area contributed by atoms with Gasteiger partial charge in [0, 0.05) is 25.7 Å². The Bertz CT molecular complexity index is 989. The number of benzene rings is 2. The van der Waals surface area contributed by atoms with Gasteiger partial charge in [-0.1, -0.05) is 18.2 Å². The van der Waals surface area contributed by atoms with Crippen molar-refractivity contribution in [3.63, 3.8) is 0 Å². The molecule has 1 heterocycles. The molecule has 10 nitrogen and oxygen atoms in total. The van der Waals surface area contributed by atoms with Crippen molar-refractivity contribution >= 4 is 17.5 Å². The van der Waals surface area contributed by atoms with Gasteiger partial charge in [0.15, 0.2) is 18.1 Å². The fraction of sp³-hybridized carbons (Fsp3) is 0.391. The second-order valence-electron chi connectivity index (χ2n) is 7.62. The Hall–Kier alpha value is -3.82. The number of hydrogen-bond acceptors (Lipinski definition) is 7. The van der Waals surface area contributed by atoms with Gasteiger partial charge in [-0.2, -0.15) is 0 Å². The van der Waals surface area contributed by atoms with E-state index < -0.39 is 10.8 Å². The maximum absolute atomic E-state index is 12.7. The van der Waals surface area contributed by atoms with Crippen LogP contribution < -0.4 is 19.5 Å². The molecule has 2 amide bonds. The number of nitrogens with zero attached hydrogens (tertiary/aromatic N) is 2. The van der Waals surface area contributed by atoms with Crippen LogP contribution in [-0.2, 0) is 4.79 Å². The van der Waals surface area contributed by atoms with E-state index in [1.807, 2.05) is 18.2 Å². The Morgan fingerprint density at radius 1 is 1.09 bits per heavy atom. The summed E-state index contributed by atoms with van der Waals surface area (Å²) in [7, 11) is 2.76. The maximum Gasteiger partial charge on any atom is 0.286 e. The number of nitro benzene ring substituents is 1. The van der Waals surface area contributed by atoms with Crippen LogP contribution in [0.2, 0.25) is 0 Å². The number of para-hydroxylation sites is 1. The van der Waals surface area contributed by atoms with E-state index in [0.29, 0.717) is 38.2 Å². The van der Waals surface area contributed by atoms with Gasteiger partial charge in [0.1, 0.15) is 11.3 Å². The summed E-state index contributed by atoms with van der Waals surface area (Å²) in [6.07, 6.45) is 1.43. The van der Waals surface area contributed by atoms with E-state index in [0.717, 1.165) is 0 Å². The molecule has 0 atom stereocenters. The van der Waals surface area contributed by atoms with Gasteiger partial charge < -0.3 is 24.4 Å². The molecule has 0 spiro atoms. The first kappa shape index (κ1) is 23.8. The summed E-state index contributed by atoms with van der Waals surface area (Å²) >= 11 is 0. The number of likely N-dealkylation sites (tertiary alicyclic amines) is 1. The van der Waals surface area contributed by atoms with Crippen LogP contribution in [0.3, 0.4) is 0 Å². The van der Waals surface area contributed by atoms with Crippen LogP contribution in [0.15, 0.2) is 42.5 Å². The van der Waals surface area contributed by atoms with Crippen molar-refractivity contribution in [3.8, 4) is 17.2 Å². The standard InChI is InChI=1S/C23H27N3O7/c1-31-20-12-18(19(26(29)30)13-21(20)32-2)23(28)24-14-16-8-10-25(11-9-16)22(27)15-33-17-6-4-3-5-7-17/h3-7,12-13,16H,8-11,14-15H2,1-2H3,(H,24,28). The molecule has 2 aromatic rings. The zero-order valence-electron chi connectivity index (χ0n) is 18.6. The average molecular weight is 457 g/mol. The van der Waals surface area contributed by atoms with Gasteiger partial charge in [-0.15, -0.1) is 0 Å². The molecule has 0 saturated carbocycles. The molecular formula is C23H27N3O7. The van der Waals surface area contributed by atoms with E-state index >= 15 is 0 Å². The van der Waals surface area contributed by atoms with Crippen LogP contribution in [0.1, 0.15) is 23.2 Å². The van der Waals surface area contributed by atoms with Crippen LogP contribution >= 0.6 is 0 Å². The van der Waals surface area contributed by atoms with Gasteiger partial charge >= 0.3 is 0 Å². The second-order valence-corrected chi connectivity index (χ2v) is 7.62. The van der Waals surface area contributed by atoms with Crippen molar-refractivity contribution in [1.82, 2.24) is 10.2 Å². The Morgan fingerprint density at radius 3 is 2.33 bits per heavy atom. The first-order valence-electron chi connectivity index (χ1n) is 10.6. The van der Waals surface area contributed by atoms with Crippen molar-refractivity contribution in [3.05, 3.63) is 58.1 Å².